The largest absolute Gasteiger partial charge is 0.468 e. The standard InChI is InChI=1S/C25H31N3O5S2/c1-5-8-15-27(7-3)35(31,32)20-12-10-19(11-13-20)24(30)26-25-28(17-23(29)33-4)21-14-9-18(6-2)16-22(21)34-25/h9-14,16H,5-8,15,17H2,1-4H3. The number of thiazole rings is 1. The molecule has 0 saturated carbocycles. The van der Waals surface area contributed by atoms with Crippen LogP contribution in [0.2, 0.25) is 0 Å². The van der Waals surface area contributed by atoms with Gasteiger partial charge in [0.2, 0.25) is 10.0 Å². The maximum atomic E-state index is 13.0. The number of esters is 1. The van der Waals surface area contributed by atoms with E-state index in [-0.39, 0.29) is 17.0 Å². The zero-order valence-corrected chi connectivity index (χ0v) is 22.1. The fraction of sp³-hybridized carbons (Fsp3) is 0.400. The van der Waals surface area contributed by atoms with Crippen molar-refractivity contribution in [1.29, 1.82) is 0 Å². The molecule has 0 atom stereocenters. The Morgan fingerprint density at radius 2 is 1.80 bits per heavy atom. The molecule has 188 valence electrons. The van der Waals surface area contributed by atoms with Crippen LogP contribution in [0.15, 0.2) is 52.4 Å². The molecule has 0 fully saturated rings. The topological polar surface area (TPSA) is 98.0 Å². The Morgan fingerprint density at radius 3 is 2.40 bits per heavy atom. The zero-order valence-electron chi connectivity index (χ0n) is 20.5. The monoisotopic (exact) mass is 517 g/mol. The molecule has 1 amide bonds. The lowest BCUT2D eigenvalue weighted by Gasteiger charge is -2.20. The van der Waals surface area contributed by atoms with Crippen LogP contribution in [0.5, 0.6) is 0 Å². The molecule has 3 rings (SSSR count). The number of unbranched alkanes of at least 4 members (excludes halogenated alkanes) is 1. The number of nitrogens with zero attached hydrogens (tertiary/aromatic N) is 3. The second-order valence-corrected chi connectivity index (χ2v) is 10.9. The molecule has 1 heterocycles. The maximum Gasteiger partial charge on any atom is 0.325 e. The van der Waals surface area contributed by atoms with E-state index in [1.165, 1.54) is 47.0 Å². The Morgan fingerprint density at radius 1 is 1.09 bits per heavy atom. The SMILES string of the molecule is CCCCN(CC)S(=O)(=O)c1ccc(C(=O)N=c2sc3cc(CC)ccc3n2CC(=O)OC)cc1. The number of fused-ring (bicyclic) bond motifs is 1. The van der Waals surface area contributed by atoms with E-state index in [1.54, 1.807) is 4.57 Å². The predicted octanol–water partition coefficient (Wildman–Crippen LogP) is 3.99. The molecule has 0 aliphatic rings. The Hall–Kier alpha value is -2.82. The van der Waals surface area contributed by atoms with Crippen molar-refractivity contribution in [2.24, 2.45) is 4.99 Å². The highest BCUT2D eigenvalue weighted by Gasteiger charge is 2.23. The van der Waals surface area contributed by atoms with Crippen LogP contribution in [0.4, 0.5) is 0 Å². The van der Waals surface area contributed by atoms with Crippen molar-refractivity contribution < 1.29 is 22.7 Å². The molecule has 0 N–H and O–H groups in total. The first-order valence-electron chi connectivity index (χ1n) is 11.6. The minimum atomic E-state index is -3.63. The first-order chi connectivity index (χ1) is 16.7. The summed E-state index contributed by atoms with van der Waals surface area (Å²) in [6.45, 7) is 6.64. The van der Waals surface area contributed by atoms with Crippen molar-refractivity contribution >= 4 is 43.5 Å². The minimum absolute atomic E-state index is 0.0735. The summed E-state index contributed by atoms with van der Waals surface area (Å²) in [6.07, 6.45) is 2.54. The smallest absolute Gasteiger partial charge is 0.325 e. The van der Waals surface area contributed by atoms with Crippen LogP contribution in [-0.2, 0) is 32.5 Å². The number of benzene rings is 2. The van der Waals surface area contributed by atoms with Gasteiger partial charge in [-0.2, -0.15) is 9.30 Å². The van der Waals surface area contributed by atoms with Gasteiger partial charge in [0.25, 0.3) is 5.91 Å². The molecule has 0 spiro atoms. The number of carbonyl (C=O) groups is 2. The van der Waals surface area contributed by atoms with Gasteiger partial charge in [-0.05, 0) is 54.8 Å². The summed E-state index contributed by atoms with van der Waals surface area (Å²) in [4.78, 5) is 29.8. The highest BCUT2D eigenvalue weighted by Crippen LogP contribution is 2.21. The molecule has 0 aliphatic carbocycles. The summed E-state index contributed by atoms with van der Waals surface area (Å²) in [7, 11) is -2.32. The molecule has 35 heavy (non-hydrogen) atoms. The number of amides is 1. The van der Waals surface area contributed by atoms with E-state index in [0.717, 1.165) is 35.0 Å². The number of hydrogen-bond acceptors (Lipinski definition) is 6. The van der Waals surface area contributed by atoms with Crippen molar-refractivity contribution in [3.05, 3.63) is 58.4 Å². The normalized spacial score (nSPS) is 12.4. The molecule has 1 aromatic heterocycles. The van der Waals surface area contributed by atoms with Crippen LogP contribution in [-0.4, -0.2) is 49.4 Å². The second kappa shape index (κ2) is 11.7. The first-order valence-corrected chi connectivity index (χ1v) is 13.9. The maximum absolute atomic E-state index is 13.0. The Labute approximate surface area is 209 Å². The van der Waals surface area contributed by atoms with Gasteiger partial charge in [0.15, 0.2) is 4.80 Å². The predicted molar refractivity (Wildman–Crippen MR) is 137 cm³/mol. The summed E-state index contributed by atoms with van der Waals surface area (Å²) < 4.78 is 34.7. The van der Waals surface area contributed by atoms with Gasteiger partial charge in [-0.1, -0.05) is 44.6 Å². The van der Waals surface area contributed by atoms with E-state index in [0.29, 0.717) is 17.9 Å². The lowest BCUT2D eigenvalue weighted by Crippen LogP contribution is -2.31. The Bertz CT molecular complexity index is 1370. The van der Waals surface area contributed by atoms with Crippen LogP contribution in [0.3, 0.4) is 0 Å². The quantitative estimate of drug-likeness (QED) is 0.379. The van der Waals surface area contributed by atoms with Gasteiger partial charge in [-0.15, -0.1) is 0 Å². The minimum Gasteiger partial charge on any atom is -0.468 e. The summed E-state index contributed by atoms with van der Waals surface area (Å²) in [5.41, 5.74) is 2.19. The molecule has 0 radical (unpaired) electrons. The number of hydrogen-bond donors (Lipinski definition) is 0. The number of aryl methyl sites for hydroxylation is 1. The number of aromatic nitrogens is 1. The number of methoxy groups -OCH3 is 1. The van der Waals surface area contributed by atoms with E-state index >= 15 is 0 Å². The van der Waals surface area contributed by atoms with Crippen LogP contribution in [0.1, 0.15) is 49.5 Å². The summed E-state index contributed by atoms with van der Waals surface area (Å²) in [5, 5.41) is 0. The van der Waals surface area contributed by atoms with Gasteiger partial charge in [0.05, 0.1) is 22.2 Å². The van der Waals surface area contributed by atoms with E-state index in [1.807, 2.05) is 32.0 Å². The lowest BCUT2D eigenvalue weighted by molar-refractivity contribution is -0.141. The summed E-state index contributed by atoms with van der Waals surface area (Å²) in [5.74, 6) is -0.968. The van der Waals surface area contributed by atoms with Crippen LogP contribution in [0.25, 0.3) is 10.2 Å². The molecule has 10 heteroatoms. The zero-order chi connectivity index (χ0) is 25.6. The number of ether oxygens (including phenoxy) is 1. The highest BCUT2D eigenvalue weighted by atomic mass is 32.2. The number of carbonyl (C=O) groups excluding carboxylic acids is 2. The van der Waals surface area contributed by atoms with Crippen molar-refractivity contribution in [3.63, 3.8) is 0 Å². The fourth-order valence-electron chi connectivity index (χ4n) is 3.62. The van der Waals surface area contributed by atoms with Crippen molar-refractivity contribution in [2.45, 2.75) is 51.5 Å². The van der Waals surface area contributed by atoms with Crippen LogP contribution < -0.4 is 4.80 Å². The third-order valence-corrected chi connectivity index (χ3v) is 8.75. The van der Waals surface area contributed by atoms with Gasteiger partial charge in [-0.25, -0.2) is 8.42 Å². The van der Waals surface area contributed by atoms with Gasteiger partial charge < -0.3 is 9.30 Å². The molecule has 8 nitrogen and oxygen atoms in total. The molecule has 3 aromatic rings. The fourth-order valence-corrected chi connectivity index (χ4v) is 6.20. The van der Waals surface area contributed by atoms with Crippen LogP contribution >= 0.6 is 11.3 Å². The number of sulfonamides is 1. The van der Waals surface area contributed by atoms with Crippen molar-refractivity contribution in [1.82, 2.24) is 8.87 Å². The van der Waals surface area contributed by atoms with E-state index in [4.69, 9.17) is 4.74 Å². The molecular weight excluding hydrogens is 486 g/mol. The lowest BCUT2D eigenvalue weighted by atomic mass is 10.2. The Balaban J connectivity index is 1.97. The van der Waals surface area contributed by atoms with E-state index in [2.05, 4.69) is 11.9 Å². The average Bonchev–Trinajstić information content (AvgIpc) is 3.19. The Kier molecular flexibility index (Phi) is 8.98. The van der Waals surface area contributed by atoms with Gasteiger partial charge in [0.1, 0.15) is 6.54 Å². The molecule has 2 aromatic carbocycles. The third kappa shape index (κ3) is 6.06. The molecule has 0 unspecified atom stereocenters. The third-order valence-electron chi connectivity index (χ3n) is 5.72. The van der Waals surface area contributed by atoms with E-state index in [9.17, 15) is 18.0 Å². The highest BCUT2D eigenvalue weighted by molar-refractivity contribution is 7.89. The molecule has 0 bridgehead atoms. The molecular formula is C25H31N3O5S2. The van der Waals surface area contributed by atoms with Crippen molar-refractivity contribution in [2.75, 3.05) is 20.2 Å². The molecule has 0 aliphatic heterocycles. The molecule has 0 saturated heterocycles. The summed E-state index contributed by atoms with van der Waals surface area (Å²) >= 11 is 1.32. The van der Waals surface area contributed by atoms with Crippen LogP contribution in [0, 0.1) is 0 Å². The van der Waals surface area contributed by atoms with E-state index < -0.39 is 21.9 Å². The first kappa shape index (κ1) is 26.8. The number of rotatable bonds is 10. The van der Waals surface area contributed by atoms with Gasteiger partial charge >= 0.3 is 5.97 Å². The van der Waals surface area contributed by atoms with Gasteiger partial charge in [-0.3, -0.25) is 9.59 Å². The summed E-state index contributed by atoms with van der Waals surface area (Å²) in [6, 6.07) is 11.7. The second-order valence-electron chi connectivity index (χ2n) is 7.99. The van der Waals surface area contributed by atoms with Crippen molar-refractivity contribution in [3.8, 4) is 0 Å². The average molecular weight is 518 g/mol. The van der Waals surface area contributed by atoms with Gasteiger partial charge in [0, 0.05) is 18.7 Å².